The Morgan fingerprint density at radius 1 is 1.35 bits per heavy atom. The Kier molecular flexibility index (Phi) is 7.10. The van der Waals surface area contributed by atoms with Crippen molar-refractivity contribution in [3.8, 4) is 0 Å². The predicted octanol–water partition coefficient (Wildman–Crippen LogP) is 3.90. The second kappa shape index (κ2) is 8.58. The number of alkyl carbamates (subject to hydrolysis) is 1. The Bertz CT molecular complexity index is 591. The highest BCUT2D eigenvalue weighted by Crippen LogP contribution is 2.19. The highest BCUT2D eigenvalue weighted by atomic mass is 35.5. The molecule has 5 nitrogen and oxygen atoms in total. The lowest BCUT2D eigenvalue weighted by atomic mass is 10.1. The molecule has 1 amide bonds. The van der Waals surface area contributed by atoms with E-state index >= 15 is 0 Å². The fraction of sp³-hybridized carbons (Fsp3) is 0.412. The molecule has 0 saturated carbocycles. The minimum Gasteiger partial charge on any atom is -0.481 e. The number of carboxylic acid groups (broad SMARTS) is 1. The average Bonchev–Trinajstić information content (AvgIpc) is 2.39. The lowest BCUT2D eigenvalue weighted by Crippen LogP contribution is -2.32. The van der Waals surface area contributed by atoms with Gasteiger partial charge in [-0.3, -0.25) is 4.79 Å². The molecule has 0 aliphatic rings. The van der Waals surface area contributed by atoms with Gasteiger partial charge >= 0.3 is 12.1 Å². The van der Waals surface area contributed by atoms with E-state index in [4.69, 9.17) is 21.4 Å². The molecule has 0 aromatic heterocycles. The van der Waals surface area contributed by atoms with E-state index < -0.39 is 17.7 Å². The van der Waals surface area contributed by atoms with Crippen LogP contribution < -0.4 is 5.32 Å². The summed E-state index contributed by atoms with van der Waals surface area (Å²) >= 11 is 5.96. The Balaban J connectivity index is 2.46. The molecule has 1 rings (SSSR count). The van der Waals surface area contributed by atoms with Crippen LogP contribution >= 0.6 is 11.6 Å². The molecular weight excluding hydrogens is 318 g/mol. The third-order valence-electron chi connectivity index (χ3n) is 2.70. The van der Waals surface area contributed by atoms with Gasteiger partial charge < -0.3 is 15.2 Å². The Morgan fingerprint density at radius 2 is 2.04 bits per heavy atom. The number of halogens is 1. The van der Waals surface area contributed by atoms with Crippen LogP contribution in [0.15, 0.2) is 24.3 Å². The highest BCUT2D eigenvalue weighted by Gasteiger charge is 2.15. The first-order valence-electron chi connectivity index (χ1n) is 7.31. The van der Waals surface area contributed by atoms with Gasteiger partial charge in [0.1, 0.15) is 5.60 Å². The maximum absolute atomic E-state index is 11.4. The van der Waals surface area contributed by atoms with Crippen LogP contribution in [0.25, 0.3) is 6.08 Å². The number of carbonyl (C=O) groups excluding carboxylic acids is 1. The minimum atomic E-state index is -0.922. The van der Waals surface area contributed by atoms with Gasteiger partial charge in [0, 0.05) is 11.6 Å². The van der Waals surface area contributed by atoms with Crippen LogP contribution in [0, 0.1) is 0 Å². The van der Waals surface area contributed by atoms with E-state index in [9.17, 15) is 9.59 Å². The summed E-state index contributed by atoms with van der Waals surface area (Å²) in [6, 6.07) is 5.23. The van der Waals surface area contributed by atoms with Gasteiger partial charge in [0.05, 0.1) is 6.42 Å². The summed E-state index contributed by atoms with van der Waals surface area (Å²) in [4.78, 5) is 22.2. The minimum absolute atomic E-state index is 0.110. The molecule has 0 atom stereocenters. The van der Waals surface area contributed by atoms with Crippen molar-refractivity contribution in [2.75, 3.05) is 6.54 Å². The lowest BCUT2D eigenvalue weighted by Gasteiger charge is -2.19. The number of rotatable bonds is 6. The van der Waals surface area contributed by atoms with Gasteiger partial charge in [0.15, 0.2) is 0 Å². The topological polar surface area (TPSA) is 75.6 Å². The third kappa shape index (κ3) is 8.26. The molecule has 0 fully saturated rings. The molecule has 0 spiro atoms. The van der Waals surface area contributed by atoms with Crippen LogP contribution in [0.3, 0.4) is 0 Å². The van der Waals surface area contributed by atoms with E-state index in [0.717, 1.165) is 5.56 Å². The molecule has 0 aliphatic heterocycles. The van der Waals surface area contributed by atoms with E-state index in [-0.39, 0.29) is 6.42 Å². The first-order chi connectivity index (χ1) is 10.7. The number of benzene rings is 1. The van der Waals surface area contributed by atoms with Gasteiger partial charge in [-0.1, -0.05) is 29.8 Å². The standard InChI is InChI=1S/C17H22ClNO4/c1-17(2,3)23-16(22)19-9-5-4-6-12-7-8-14(18)13(10-12)11-15(20)21/h4,6-8,10H,5,9,11H2,1-3H3,(H,19,22)(H,20,21). The van der Waals surface area contributed by atoms with E-state index in [0.29, 0.717) is 23.6 Å². The zero-order valence-corrected chi connectivity index (χ0v) is 14.3. The fourth-order valence-corrected chi connectivity index (χ4v) is 1.97. The Hall–Kier alpha value is -2.01. The van der Waals surface area contributed by atoms with Crippen molar-refractivity contribution >= 4 is 29.7 Å². The quantitative estimate of drug-likeness (QED) is 0.771. The number of nitrogens with one attached hydrogen (secondary N) is 1. The molecule has 6 heteroatoms. The zero-order valence-electron chi connectivity index (χ0n) is 13.6. The van der Waals surface area contributed by atoms with Crippen molar-refractivity contribution in [2.45, 2.75) is 39.2 Å². The zero-order chi connectivity index (χ0) is 17.5. The number of ether oxygens (including phenoxy) is 1. The fourth-order valence-electron chi connectivity index (χ4n) is 1.79. The number of carbonyl (C=O) groups is 2. The summed E-state index contributed by atoms with van der Waals surface area (Å²) in [6.07, 6.45) is 3.83. The summed E-state index contributed by atoms with van der Waals surface area (Å²) in [6.45, 7) is 5.88. The molecule has 0 radical (unpaired) electrons. The molecule has 2 N–H and O–H groups in total. The SMILES string of the molecule is CC(C)(C)OC(=O)NCCC=Cc1ccc(Cl)c(CC(=O)O)c1. The average molecular weight is 340 g/mol. The summed E-state index contributed by atoms with van der Waals surface area (Å²) in [5, 5.41) is 11.9. The Labute approximate surface area is 141 Å². The van der Waals surface area contributed by atoms with Gasteiger partial charge in [-0.05, 0) is 50.5 Å². The van der Waals surface area contributed by atoms with Crippen LogP contribution in [0.1, 0.15) is 38.3 Å². The number of hydrogen-bond acceptors (Lipinski definition) is 3. The van der Waals surface area contributed by atoms with E-state index in [1.807, 2.05) is 39.0 Å². The number of carboxylic acids is 1. The summed E-state index contributed by atoms with van der Waals surface area (Å²) in [5.74, 6) is -0.922. The molecule has 0 saturated heterocycles. The van der Waals surface area contributed by atoms with Crippen LogP contribution in [0.4, 0.5) is 4.79 Å². The molecule has 126 valence electrons. The van der Waals surface area contributed by atoms with Crippen LogP contribution in [-0.2, 0) is 16.0 Å². The number of aliphatic carboxylic acids is 1. The predicted molar refractivity (Wildman–Crippen MR) is 90.7 cm³/mol. The largest absolute Gasteiger partial charge is 0.481 e. The van der Waals surface area contributed by atoms with Crippen LogP contribution in [0.2, 0.25) is 5.02 Å². The van der Waals surface area contributed by atoms with Gasteiger partial charge in [0.2, 0.25) is 0 Å². The molecule has 1 aromatic carbocycles. The molecule has 0 heterocycles. The van der Waals surface area contributed by atoms with Gasteiger partial charge in [-0.15, -0.1) is 0 Å². The van der Waals surface area contributed by atoms with Crippen molar-refractivity contribution < 1.29 is 19.4 Å². The van der Waals surface area contributed by atoms with Crippen molar-refractivity contribution in [3.63, 3.8) is 0 Å². The lowest BCUT2D eigenvalue weighted by molar-refractivity contribution is -0.136. The molecule has 1 aromatic rings. The molecule has 23 heavy (non-hydrogen) atoms. The second-order valence-corrected chi connectivity index (χ2v) is 6.45. The van der Waals surface area contributed by atoms with Crippen molar-refractivity contribution in [1.82, 2.24) is 5.32 Å². The molecule has 0 aliphatic carbocycles. The van der Waals surface area contributed by atoms with Crippen LogP contribution in [-0.4, -0.2) is 29.3 Å². The normalized spacial score (nSPS) is 11.5. The first kappa shape index (κ1) is 19.0. The smallest absolute Gasteiger partial charge is 0.407 e. The van der Waals surface area contributed by atoms with Gasteiger partial charge in [-0.2, -0.15) is 0 Å². The molecule has 0 unspecified atom stereocenters. The van der Waals surface area contributed by atoms with E-state index in [2.05, 4.69) is 5.32 Å². The van der Waals surface area contributed by atoms with Crippen molar-refractivity contribution in [3.05, 3.63) is 40.4 Å². The van der Waals surface area contributed by atoms with E-state index in [1.165, 1.54) is 0 Å². The van der Waals surface area contributed by atoms with Gasteiger partial charge in [0.25, 0.3) is 0 Å². The number of hydrogen-bond donors (Lipinski definition) is 2. The monoisotopic (exact) mass is 339 g/mol. The first-order valence-corrected chi connectivity index (χ1v) is 7.69. The van der Waals surface area contributed by atoms with E-state index in [1.54, 1.807) is 12.1 Å². The highest BCUT2D eigenvalue weighted by molar-refractivity contribution is 6.31. The Morgan fingerprint density at radius 3 is 2.65 bits per heavy atom. The number of amides is 1. The second-order valence-electron chi connectivity index (χ2n) is 6.04. The van der Waals surface area contributed by atoms with Crippen LogP contribution in [0.5, 0.6) is 0 Å². The third-order valence-corrected chi connectivity index (χ3v) is 3.07. The maximum atomic E-state index is 11.4. The molecule has 0 bridgehead atoms. The van der Waals surface area contributed by atoms with Crippen molar-refractivity contribution in [1.29, 1.82) is 0 Å². The molecular formula is C17H22ClNO4. The maximum Gasteiger partial charge on any atom is 0.407 e. The summed E-state index contributed by atoms with van der Waals surface area (Å²) in [7, 11) is 0. The summed E-state index contributed by atoms with van der Waals surface area (Å²) < 4.78 is 5.12. The summed E-state index contributed by atoms with van der Waals surface area (Å²) in [5.41, 5.74) is 0.931. The van der Waals surface area contributed by atoms with Crippen molar-refractivity contribution in [2.24, 2.45) is 0 Å². The van der Waals surface area contributed by atoms with Gasteiger partial charge in [-0.25, -0.2) is 4.79 Å².